The molecule has 5 nitrogen and oxygen atoms in total. The van der Waals surface area contributed by atoms with Crippen LogP contribution in [0.2, 0.25) is 0 Å². The van der Waals surface area contributed by atoms with Crippen molar-refractivity contribution in [3.05, 3.63) is 48.4 Å². The lowest BCUT2D eigenvalue weighted by molar-refractivity contribution is 0.518. The van der Waals surface area contributed by atoms with E-state index in [1.807, 2.05) is 36.4 Å². The smallest absolute Gasteiger partial charge is 0.191 e. The molecular weight excluding hydrogens is 284 g/mol. The number of furan rings is 1. The first-order valence-electron chi connectivity index (χ1n) is 6.39. The molecule has 0 amide bonds. The number of hydrogen-bond acceptors (Lipinski definition) is 6. The van der Waals surface area contributed by atoms with E-state index >= 15 is 0 Å². The fraction of sp³-hybridized carbons (Fsp3) is 0.133. The van der Waals surface area contributed by atoms with E-state index in [1.54, 1.807) is 6.26 Å². The Morgan fingerprint density at radius 1 is 1.19 bits per heavy atom. The third-order valence-corrected chi connectivity index (χ3v) is 3.57. The topological polar surface area (TPSA) is 74.7 Å². The molecule has 0 spiro atoms. The standard InChI is InChI=1S/C15H12N4OS/c16-7-9-21-15-18-13-6-2-1-5-12(13)14(19-15)17-10-11-4-3-8-20-11/h1-6,8H,9-10H2,(H,17,18,19). The number of nitrogens with one attached hydrogen (secondary N) is 1. The molecule has 0 saturated heterocycles. The maximum absolute atomic E-state index is 8.68. The van der Waals surface area contributed by atoms with Crippen molar-refractivity contribution in [2.75, 3.05) is 11.1 Å². The number of thioether (sulfide) groups is 1. The van der Waals surface area contributed by atoms with E-state index < -0.39 is 0 Å². The van der Waals surface area contributed by atoms with Gasteiger partial charge >= 0.3 is 0 Å². The zero-order valence-electron chi connectivity index (χ0n) is 11.1. The molecule has 3 rings (SSSR count). The number of benzene rings is 1. The summed E-state index contributed by atoms with van der Waals surface area (Å²) in [4.78, 5) is 8.94. The molecule has 0 saturated carbocycles. The van der Waals surface area contributed by atoms with Crippen LogP contribution in [0.5, 0.6) is 0 Å². The van der Waals surface area contributed by atoms with E-state index in [1.165, 1.54) is 11.8 Å². The highest BCUT2D eigenvalue weighted by atomic mass is 32.2. The molecule has 0 fully saturated rings. The lowest BCUT2D eigenvalue weighted by Gasteiger charge is -2.09. The van der Waals surface area contributed by atoms with Crippen molar-refractivity contribution in [3.63, 3.8) is 0 Å². The van der Waals surface area contributed by atoms with Gasteiger partial charge in [0.05, 0.1) is 30.1 Å². The zero-order chi connectivity index (χ0) is 14.5. The second-order valence-electron chi connectivity index (χ2n) is 4.25. The summed E-state index contributed by atoms with van der Waals surface area (Å²) < 4.78 is 5.31. The Morgan fingerprint density at radius 2 is 2.10 bits per heavy atom. The molecule has 0 atom stereocenters. The molecular formula is C15H12N4OS. The van der Waals surface area contributed by atoms with Crippen LogP contribution in [0.4, 0.5) is 5.82 Å². The van der Waals surface area contributed by atoms with Crippen molar-refractivity contribution < 1.29 is 4.42 Å². The van der Waals surface area contributed by atoms with Crippen LogP contribution in [0.25, 0.3) is 10.9 Å². The Morgan fingerprint density at radius 3 is 2.90 bits per heavy atom. The third-order valence-electron chi connectivity index (χ3n) is 2.86. The Labute approximate surface area is 126 Å². The Hall–Kier alpha value is -2.52. The minimum atomic E-state index is 0.329. The quantitative estimate of drug-likeness (QED) is 0.574. The van der Waals surface area contributed by atoms with Crippen LogP contribution >= 0.6 is 11.8 Å². The maximum Gasteiger partial charge on any atom is 0.191 e. The van der Waals surface area contributed by atoms with Crippen LogP contribution in [-0.4, -0.2) is 15.7 Å². The molecule has 1 aromatic carbocycles. The average Bonchev–Trinajstić information content (AvgIpc) is 3.04. The number of anilines is 1. The monoisotopic (exact) mass is 296 g/mol. The molecule has 6 heteroatoms. The second kappa shape index (κ2) is 6.29. The molecule has 104 valence electrons. The van der Waals surface area contributed by atoms with Crippen LogP contribution in [0.15, 0.2) is 52.2 Å². The molecule has 2 aromatic heterocycles. The molecule has 0 aliphatic carbocycles. The normalized spacial score (nSPS) is 10.4. The Kier molecular flexibility index (Phi) is 4.03. The van der Waals surface area contributed by atoms with E-state index in [0.717, 1.165) is 22.5 Å². The first-order chi connectivity index (χ1) is 10.4. The van der Waals surface area contributed by atoms with Gasteiger partial charge in [-0.15, -0.1) is 0 Å². The molecule has 1 N–H and O–H groups in total. The van der Waals surface area contributed by atoms with Crippen LogP contribution in [0.1, 0.15) is 5.76 Å². The van der Waals surface area contributed by atoms with Gasteiger partial charge in [0.15, 0.2) is 5.16 Å². The first-order valence-corrected chi connectivity index (χ1v) is 7.38. The van der Waals surface area contributed by atoms with Crippen LogP contribution < -0.4 is 5.32 Å². The first kappa shape index (κ1) is 13.5. The molecule has 0 radical (unpaired) electrons. The van der Waals surface area contributed by atoms with Crippen molar-refractivity contribution in [3.8, 4) is 6.07 Å². The van der Waals surface area contributed by atoms with E-state index in [-0.39, 0.29) is 0 Å². The molecule has 0 aliphatic heterocycles. The minimum absolute atomic E-state index is 0.329. The van der Waals surface area contributed by atoms with E-state index in [2.05, 4.69) is 21.4 Å². The highest BCUT2D eigenvalue weighted by Crippen LogP contribution is 2.24. The Bertz CT molecular complexity index is 780. The summed E-state index contributed by atoms with van der Waals surface area (Å²) >= 11 is 1.33. The number of nitriles is 1. The highest BCUT2D eigenvalue weighted by molar-refractivity contribution is 7.99. The predicted molar refractivity (Wildman–Crippen MR) is 81.9 cm³/mol. The van der Waals surface area contributed by atoms with Gasteiger partial charge in [0.25, 0.3) is 0 Å². The van der Waals surface area contributed by atoms with Gasteiger partial charge < -0.3 is 9.73 Å². The summed E-state index contributed by atoms with van der Waals surface area (Å²) in [6.07, 6.45) is 1.64. The van der Waals surface area contributed by atoms with Gasteiger partial charge in [-0.25, -0.2) is 9.97 Å². The lowest BCUT2D eigenvalue weighted by atomic mass is 10.2. The van der Waals surface area contributed by atoms with Gasteiger partial charge in [-0.05, 0) is 24.3 Å². The summed E-state index contributed by atoms with van der Waals surface area (Å²) in [5.41, 5.74) is 0.856. The third kappa shape index (κ3) is 3.15. The molecule has 0 bridgehead atoms. The van der Waals surface area contributed by atoms with Gasteiger partial charge in [0.1, 0.15) is 11.6 Å². The van der Waals surface area contributed by atoms with Crippen molar-refractivity contribution in [1.29, 1.82) is 5.26 Å². The fourth-order valence-electron chi connectivity index (χ4n) is 1.94. The SMILES string of the molecule is N#CCSc1nc(NCc2ccco2)c2ccccc2n1. The van der Waals surface area contributed by atoms with Crippen molar-refractivity contribution in [2.45, 2.75) is 11.7 Å². The number of nitrogens with zero attached hydrogens (tertiary/aromatic N) is 3. The summed E-state index contributed by atoms with van der Waals surface area (Å²) in [7, 11) is 0. The van der Waals surface area contributed by atoms with Crippen LogP contribution in [0.3, 0.4) is 0 Å². The number of hydrogen-bond donors (Lipinski definition) is 1. The van der Waals surface area contributed by atoms with Gasteiger partial charge in [0, 0.05) is 5.39 Å². The van der Waals surface area contributed by atoms with Gasteiger partial charge in [-0.3, -0.25) is 0 Å². The number of rotatable bonds is 5. The predicted octanol–water partition coefficient (Wildman–Crippen LogP) is 3.45. The molecule has 0 aliphatic rings. The van der Waals surface area contributed by atoms with Crippen LogP contribution in [0, 0.1) is 11.3 Å². The van der Waals surface area contributed by atoms with Crippen molar-refractivity contribution >= 4 is 28.5 Å². The van der Waals surface area contributed by atoms with E-state index in [9.17, 15) is 0 Å². The van der Waals surface area contributed by atoms with E-state index in [0.29, 0.717) is 17.5 Å². The highest BCUT2D eigenvalue weighted by Gasteiger charge is 2.08. The largest absolute Gasteiger partial charge is 0.467 e. The Balaban J connectivity index is 1.92. The lowest BCUT2D eigenvalue weighted by Crippen LogP contribution is -2.03. The summed E-state index contributed by atoms with van der Waals surface area (Å²) in [6.45, 7) is 0.552. The second-order valence-corrected chi connectivity index (χ2v) is 5.19. The minimum Gasteiger partial charge on any atom is -0.467 e. The maximum atomic E-state index is 8.68. The van der Waals surface area contributed by atoms with Crippen LogP contribution in [-0.2, 0) is 6.54 Å². The molecule has 3 aromatic rings. The van der Waals surface area contributed by atoms with E-state index in [4.69, 9.17) is 9.68 Å². The summed E-state index contributed by atoms with van der Waals surface area (Å²) in [5, 5.41) is 13.5. The number of aromatic nitrogens is 2. The average molecular weight is 296 g/mol. The number of para-hydroxylation sites is 1. The molecule has 0 unspecified atom stereocenters. The van der Waals surface area contributed by atoms with Gasteiger partial charge in [-0.1, -0.05) is 23.9 Å². The van der Waals surface area contributed by atoms with Gasteiger partial charge in [-0.2, -0.15) is 5.26 Å². The molecule has 21 heavy (non-hydrogen) atoms. The zero-order valence-corrected chi connectivity index (χ0v) is 11.9. The summed E-state index contributed by atoms with van der Waals surface area (Å²) in [6, 6.07) is 13.6. The van der Waals surface area contributed by atoms with Crippen molar-refractivity contribution in [2.24, 2.45) is 0 Å². The number of fused-ring (bicyclic) bond motifs is 1. The van der Waals surface area contributed by atoms with Gasteiger partial charge in [0.2, 0.25) is 0 Å². The molecule has 2 heterocycles. The summed E-state index contributed by atoms with van der Waals surface area (Å²) in [5.74, 6) is 1.91. The fourth-order valence-corrected chi connectivity index (χ4v) is 2.45. The van der Waals surface area contributed by atoms with Crippen molar-refractivity contribution in [1.82, 2.24) is 9.97 Å².